The molecule has 1 aliphatic carbocycles. The standard InChI is InChI=1S/C13H25N5/c1-11(2)9-14-10-12-15-16-17-18(12)13(3)7-5-4-6-8-13/h11,14H,4-10H2,1-3H3. The van der Waals surface area contributed by atoms with E-state index in [1.54, 1.807) is 0 Å². The van der Waals surface area contributed by atoms with Crippen molar-refractivity contribution in [1.29, 1.82) is 0 Å². The van der Waals surface area contributed by atoms with Gasteiger partial charge in [-0.3, -0.25) is 0 Å². The van der Waals surface area contributed by atoms with Gasteiger partial charge in [0.2, 0.25) is 0 Å². The second kappa shape index (κ2) is 5.78. The zero-order chi connectivity index (χ0) is 13.0. The van der Waals surface area contributed by atoms with Gasteiger partial charge in [0.15, 0.2) is 5.82 Å². The van der Waals surface area contributed by atoms with Crippen molar-refractivity contribution in [2.75, 3.05) is 6.54 Å². The van der Waals surface area contributed by atoms with Gasteiger partial charge in [0.25, 0.3) is 0 Å². The number of nitrogens with one attached hydrogen (secondary N) is 1. The number of nitrogens with zero attached hydrogens (tertiary/aromatic N) is 4. The molecular formula is C13H25N5. The predicted octanol–water partition coefficient (Wildman–Crippen LogP) is 2.10. The molecule has 0 atom stereocenters. The fraction of sp³-hybridized carbons (Fsp3) is 0.923. The molecule has 1 heterocycles. The maximum Gasteiger partial charge on any atom is 0.165 e. The van der Waals surface area contributed by atoms with Crippen LogP contribution in [0.25, 0.3) is 0 Å². The summed E-state index contributed by atoms with van der Waals surface area (Å²) >= 11 is 0. The predicted molar refractivity (Wildman–Crippen MR) is 71.1 cm³/mol. The lowest BCUT2D eigenvalue weighted by molar-refractivity contribution is 0.187. The molecule has 1 aromatic heterocycles. The third-order valence-corrected chi connectivity index (χ3v) is 3.81. The Labute approximate surface area is 109 Å². The van der Waals surface area contributed by atoms with Crippen molar-refractivity contribution in [1.82, 2.24) is 25.5 Å². The Balaban J connectivity index is 2.02. The van der Waals surface area contributed by atoms with Crippen molar-refractivity contribution in [2.45, 2.75) is 65.0 Å². The topological polar surface area (TPSA) is 55.6 Å². The van der Waals surface area contributed by atoms with Crippen molar-refractivity contribution in [3.8, 4) is 0 Å². The van der Waals surface area contributed by atoms with Crippen molar-refractivity contribution < 1.29 is 0 Å². The van der Waals surface area contributed by atoms with Gasteiger partial charge in [0.1, 0.15) is 0 Å². The highest BCUT2D eigenvalue weighted by Crippen LogP contribution is 2.34. The largest absolute Gasteiger partial charge is 0.310 e. The SMILES string of the molecule is CC(C)CNCc1nnnn1C1(C)CCCCC1. The zero-order valence-electron chi connectivity index (χ0n) is 11.8. The summed E-state index contributed by atoms with van der Waals surface area (Å²) in [6.45, 7) is 8.47. The Morgan fingerprint density at radius 3 is 2.67 bits per heavy atom. The Hall–Kier alpha value is -0.970. The first-order valence-corrected chi connectivity index (χ1v) is 7.10. The molecule has 102 valence electrons. The zero-order valence-corrected chi connectivity index (χ0v) is 11.8. The minimum absolute atomic E-state index is 0.122. The van der Waals surface area contributed by atoms with Gasteiger partial charge in [-0.25, -0.2) is 4.68 Å². The highest BCUT2D eigenvalue weighted by Gasteiger charge is 2.32. The summed E-state index contributed by atoms with van der Waals surface area (Å²) in [6, 6.07) is 0. The summed E-state index contributed by atoms with van der Waals surface area (Å²) in [4.78, 5) is 0. The number of rotatable bonds is 5. The number of hydrogen-bond donors (Lipinski definition) is 1. The van der Waals surface area contributed by atoms with Crippen LogP contribution in [0.2, 0.25) is 0 Å². The second-order valence-electron chi connectivity index (χ2n) is 6.09. The van der Waals surface area contributed by atoms with Gasteiger partial charge in [-0.15, -0.1) is 5.10 Å². The molecular weight excluding hydrogens is 226 g/mol. The molecule has 0 aromatic carbocycles. The summed E-state index contributed by atoms with van der Waals surface area (Å²) in [5, 5.41) is 15.7. The first-order chi connectivity index (χ1) is 8.62. The molecule has 1 fully saturated rings. The molecule has 0 spiro atoms. The lowest BCUT2D eigenvalue weighted by Crippen LogP contribution is -2.36. The van der Waals surface area contributed by atoms with E-state index < -0.39 is 0 Å². The van der Waals surface area contributed by atoms with Crippen LogP contribution < -0.4 is 5.32 Å². The molecule has 0 amide bonds. The maximum absolute atomic E-state index is 4.22. The lowest BCUT2D eigenvalue weighted by Gasteiger charge is -2.34. The average Bonchev–Trinajstić information content (AvgIpc) is 2.78. The third kappa shape index (κ3) is 3.07. The first-order valence-electron chi connectivity index (χ1n) is 7.10. The average molecular weight is 251 g/mol. The molecule has 0 radical (unpaired) electrons. The van der Waals surface area contributed by atoms with E-state index >= 15 is 0 Å². The molecule has 1 saturated carbocycles. The highest BCUT2D eigenvalue weighted by molar-refractivity contribution is 4.92. The first kappa shape index (κ1) is 13.5. The summed E-state index contributed by atoms with van der Waals surface area (Å²) in [6.07, 6.45) is 6.30. The van der Waals surface area contributed by atoms with Gasteiger partial charge in [0.05, 0.1) is 12.1 Å². The Morgan fingerprint density at radius 1 is 1.28 bits per heavy atom. The van der Waals surface area contributed by atoms with E-state index in [0.717, 1.165) is 18.9 Å². The number of aromatic nitrogens is 4. The van der Waals surface area contributed by atoms with Crippen molar-refractivity contribution in [2.24, 2.45) is 5.92 Å². The maximum atomic E-state index is 4.22. The fourth-order valence-electron chi connectivity index (χ4n) is 2.73. The van der Waals surface area contributed by atoms with Gasteiger partial charge in [0, 0.05) is 0 Å². The molecule has 0 aliphatic heterocycles. The van der Waals surface area contributed by atoms with Crippen LogP contribution in [-0.2, 0) is 12.1 Å². The number of tetrazole rings is 1. The molecule has 2 rings (SSSR count). The summed E-state index contributed by atoms with van der Waals surface area (Å²) < 4.78 is 2.06. The minimum Gasteiger partial charge on any atom is -0.310 e. The van der Waals surface area contributed by atoms with Crippen molar-refractivity contribution >= 4 is 0 Å². The molecule has 18 heavy (non-hydrogen) atoms. The van der Waals surface area contributed by atoms with Gasteiger partial charge < -0.3 is 5.32 Å². The van der Waals surface area contributed by atoms with Crippen LogP contribution in [0, 0.1) is 5.92 Å². The monoisotopic (exact) mass is 251 g/mol. The Bertz CT molecular complexity index is 365. The Morgan fingerprint density at radius 2 is 2.00 bits per heavy atom. The van der Waals surface area contributed by atoms with Crippen LogP contribution in [0.1, 0.15) is 58.7 Å². The quantitative estimate of drug-likeness (QED) is 0.870. The summed E-state index contributed by atoms with van der Waals surface area (Å²) in [7, 11) is 0. The molecule has 5 heteroatoms. The second-order valence-corrected chi connectivity index (χ2v) is 6.09. The molecule has 0 unspecified atom stereocenters. The molecule has 0 saturated heterocycles. The van der Waals surface area contributed by atoms with E-state index in [2.05, 4.69) is 46.3 Å². The van der Waals surface area contributed by atoms with Crippen LogP contribution >= 0.6 is 0 Å². The number of hydrogen-bond acceptors (Lipinski definition) is 4. The summed E-state index contributed by atoms with van der Waals surface area (Å²) in [5.41, 5.74) is 0.122. The van der Waals surface area contributed by atoms with Gasteiger partial charge in [-0.05, 0) is 42.7 Å². The Kier molecular flexibility index (Phi) is 4.32. The van der Waals surface area contributed by atoms with E-state index in [9.17, 15) is 0 Å². The normalized spacial score (nSPS) is 19.3. The van der Waals surface area contributed by atoms with Crippen molar-refractivity contribution in [3.05, 3.63) is 5.82 Å². The van der Waals surface area contributed by atoms with E-state index in [4.69, 9.17) is 0 Å². The van der Waals surface area contributed by atoms with Crippen LogP contribution in [0.4, 0.5) is 0 Å². The van der Waals surface area contributed by atoms with E-state index in [1.165, 1.54) is 32.1 Å². The molecule has 1 N–H and O–H groups in total. The highest BCUT2D eigenvalue weighted by atomic mass is 15.6. The van der Waals surface area contributed by atoms with Crippen LogP contribution in [0.3, 0.4) is 0 Å². The van der Waals surface area contributed by atoms with Gasteiger partial charge in [-0.1, -0.05) is 33.1 Å². The minimum atomic E-state index is 0.122. The molecule has 5 nitrogen and oxygen atoms in total. The van der Waals surface area contributed by atoms with E-state index in [0.29, 0.717) is 5.92 Å². The molecule has 1 aliphatic rings. The van der Waals surface area contributed by atoms with Crippen LogP contribution in [0.5, 0.6) is 0 Å². The fourth-order valence-corrected chi connectivity index (χ4v) is 2.73. The van der Waals surface area contributed by atoms with E-state index in [1.807, 2.05) is 0 Å². The van der Waals surface area contributed by atoms with Gasteiger partial charge in [-0.2, -0.15) is 0 Å². The molecule has 1 aromatic rings. The van der Waals surface area contributed by atoms with E-state index in [-0.39, 0.29) is 5.54 Å². The summed E-state index contributed by atoms with van der Waals surface area (Å²) in [5.74, 6) is 1.62. The lowest BCUT2D eigenvalue weighted by atomic mass is 9.83. The third-order valence-electron chi connectivity index (χ3n) is 3.81. The van der Waals surface area contributed by atoms with Gasteiger partial charge >= 0.3 is 0 Å². The van der Waals surface area contributed by atoms with Crippen molar-refractivity contribution in [3.63, 3.8) is 0 Å². The van der Waals surface area contributed by atoms with Crippen LogP contribution in [0.15, 0.2) is 0 Å². The van der Waals surface area contributed by atoms with Crippen LogP contribution in [-0.4, -0.2) is 26.8 Å². The smallest absolute Gasteiger partial charge is 0.165 e. The molecule has 0 bridgehead atoms.